The first kappa shape index (κ1) is 24.1. The van der Waals surface area contributed by atoms with E-state index in [0.717, 1.165) is 35.2 Å². The van der Waals surface area contributed by atoms with Crippen LogP contribution in [0.1, 0.15) is 34.7 Å². The van der Waals surface area contributed by atoms with Gasteiger partial charge in [-0.15, -0.1) is 0 Å². The van der Waals surface area contributed by atoms with Crippen molar-refractivity contribution in [2.45, 2.75) is 24.9 Å². The number of nitrogens with zero attached hydrogens (tertiary/aromatic N) is 2. The number of rotatable bonds is 8. The van der Waals surface area contributed by atoms with Crippen LogP contribution in [0, 0.1) is 0 Å². The van der Waals surface area contributed by atoms with Gasteiger partial charge >= 0.3 is 6.18 Å². The lowest BCUT2D eigenvalue weighted by Gasteiger charge is -2.23. The molecule has 1 aromatic carbocycles. The van der Waals surface area contributed by atoms with Gasteiger partial charge in [0.15, 0.2) is 6.61 Å². The van der Waals surface area contributed by atoms with E-state index in [-0.39, 0.29) is 16.4 Å². The van der Waals surface area contributed by atoms with Gasteiger partial charge in [0.1, 0.15) is 5.15 Å². The summed E-state index contributed by atoms with van der Waals surface area (Å²) in [6.07, 6.45) is -0.481. The van der Waals surface area contributed by atoms with E-state index in [0.29, 0.717) is 17.3 Å². The Hall–Kier alpha value is -2.57. The Balaban J connectivity index is 1.93. The normalized spacial score (nSPS) is 14.2. The van der Waals surface area contributed by atoms with Crippen LogP contribution in [0.3, 0.4) is 0 Å². The highest BCUT2D eigenvalue weighted by Gasteiger charge is 2.29. The summed E-state index contributed by atoms with van der Waals surface area (Å²) >= 11 is 5.93. The molecule has 8 nitrogen and oxygen atoms in total. The minimum absolute atomic E-state index is 0.00729. The van der Waals surface area contributed by atoms with Gasteiger partial charge in [0.2, 0.25) is 10.0 Å². The lowest BCUT2D eigenvalue weighted by molar-refractivity contribution is -0.184. The van der Waals surface area contributed by atoms with Crippen molar-refractivity contribution in [3.8, 4) is 0 Å². The first-order valence-electron chi connectivity index (χ1n) is 9.34. The number of anilines is 3. The van der Waals surface area contributed by atoms with E-state index in [1.165, 1.54) is 13.1 Å². The number of carbonyl (C=O) groups excluding carboxylic acids is 1. The Kier molecular flexibility index (Phi) is 6.86. The highest BCUT2D eigenvalue weighted by Crippen LogP contribution is 2.43. The average Bonchev–Trinajstić information content (AvgIpc) is 3.51. The predicted molar refractivity (Wildman–Crippen MR) is 114 cm³/mol. The maximum Gasteiger partial charge on any atom is 0.414 e. The standard InChI is InChI=1S/C19H20ClF3N4O4S/c1-27(32(2,29)30)16-7-12(11-3-4-11)5-6-14(16)25-15-8-17(20)24-9-13(15)18(28)26-31-10-19(21,22)23/h5-9,11H,3-4,10H2,1-2H3,(H,24,25)(H,26,28). The molecule has 1 saturated carbocycles. The lowest BCUT2D eigenvalue weighted by Crippen LogP contribution is -2.30. The van der Waals surface area contributed by atoms with Gasteiger partial charge in [-0.3, -0.25) is 13.9 Å². The third-order valence-electron chi connectivity index (χ3n) is 4.69. The Morgan fingerprint density at radius 1 is 1.28 bits per heavy atom. The minimum Gasteiger partial charge on any atom is -0.353 e. The van der Waals surface area contributed by atoms with Crippen molar-refractivity contribution in [2.75, 3.05) is 29.5 Å². The Morgan fingerprint density at radius 3 is 2.56 bits per heavy atom. The van der Waals surface area contributed by atoms with Crippen LogP contribution in [0.5, 0.6) is 0 Å². The molecule has 0 bridgehead atoms. The van der Waals surface area contributed by atoms with E-state index in [1.807, 2.05) is 6.07 Å². The van der Waals surface area contributed by atoms with Gasteiger partial charge in [-0.2, -0.15) is 13.2 Å². The number of nitrogens with one attached hydrogen (secondary N) is 2. The van der Waals surface area contributed by atoms with E-state index in [1.54, 1.807) is 17.6 Å². The number of carbonyl (C=O) groups is 1. The molecule has 0 spiro atoms. The van der Waals surface area contributed by atoms with Crippen molar-refractivity contribution >= 4 is 44.6 Å². The molecule has 1 aliphatic rings. The molecule has 2 N–H and O–H groups in total. The summed E-state index contributed by atoms with van der Waals surface area (Å²) in [6, 6.07) is 6.55. The SMILES string of the molecule is CN(c1cc(C2CC2)ccc1Nc1cc(Cl)ncc1C(=O)NOCC(F)(F)F)S(C)(=O)=O. The number of hydrogen-bond donors (Lipinski definition) is 2. The highest BCUT2D eigenvalue weighted by atomic mass is 35.5. The third kappa shape index (κ3) is 6.24. The summed E-state index contributed by atoms with van der Waals surface area (Å²) in [4.78, 5) is 20.3. The van der Waals surface area contributed by atoms with Crippen LogP contribution in [0.15, 0.2) is 30.5 Å². The Bertz CT molecular complexity index is 1120. The van der Waals surface area contributed by atoms with E-state index < -0.39 is 28.7 Å². The molecular weight excluding hydrogens is 473 g/mol. The smallest absolute Gasteiger partial charge is 0.353 e. The minimum atomic E-state index is -4.62. The molecule has 0 aliphatic heterocycles. The zero-order valence-corrected chi connectivity index (χ0v) is 18.6. The molecule has 1 aliphatic carbocycles. The second-order valence-corrected chi connectivity index (χ2v) is 9.70. The third-order valence-corrected chi connectivity index (χ3v) is 6.09. The van der Waals surface area contributed by atoms with Crippen molar-refractivity contribution in [2.24, 2.45) is 0 Å². The number of halogens is 4. The predicted octanol–water partition coefficient (Wildman–Crippen LogP) is 3.98. The van der Waals surface area contributed by atoms with Gasteiger partial charge in [0.25, 0.3) is 5.91 Å². The molecule has 174 valence electrons. The molecule has 1 fully saturated rings. The van der Waals surface area contributed by atoms with E-state index in [9.17, 15) is 26.4 Å². The van der Waals surface area contributed by atoms with Crippen LogP contribution in [0.2, 0.25) is 5.15 Å². The molecule has 32 heavy (non-hydrogen) atoms. The molecule has 13 heteroatoms. The maximum atomic E-state index is 12.3. The van der Waals surface area contributed by atoms with Crippen LogP contribution in [0.4, 0.5) is 30.2 Å². The number of benzene rings is 1. The average molecular weight is 493 g/mol. The van der Waals surface area contributed by atoms with E-state index >= 15 is 0 Å². The summed E-state index contributed by atoms with van der Waals surface area (Å²) in [6.45, 7) is -1.67. The summed E-state index contributed by atoms with van der Waals surface area (Å²) in [5.41, 5.74) is 3.31. The second-order valence-electron chi connectivity index (χ2n) is 7.29. The zero-order chi connectivity index (χ0) is 23.7. The summed E-state index contributed by atoms with van der Waals surface area (Å²) in [5, 5.41) is 2.95. The van der Waals surface area contributed by atoms with Gasteiger partial charge in [-0.25, -0.2) is 18.9 Å². The van der Waals surface area contributed by atoms with E-state index in [4.69, 9.17) is 11.6 Å². The number of sulfonamides is 1. The molecule has 0 radical (unpaired) electrons. The van der Waals surface area contributed by atoms with Crippen LogP contribution < -0.4 is 15.1 Å². The summed E-state index contributed by atoms with van der Waals surface area (Å²) in [5.74, 6) is -0.633. The summed E-state index contributed by atoms with van der Waals surface area (Å²) in [7, 11) is -2.21. The number of hydrogen-bond acceptors (Lipinski definition) is 6. The molecule has 0 atom stereocenters. The molecule has 3 rings (SSSR count). The Labute approximate surface area is 187 Å². The number of alkyl halides is 3. The first-order valence-corrected chi connectivity index (χ1v) is 11.6. The first-order chi connectivity index (χ1) is 14.8. The molecule has 1 aromatic heterocycles. The topological polar surface area (TPSA) is 101 Å². The van der Waals surface area contributed by atoms with Gasteiger partial charge in [-0.05, 0) is 42.5 Å². The fraction of sp³-hybridized carbons (Fsp3) is 0.368. The quantitative estimate of drug-likeness (QED) is 0.427. The molecule has 0 unspecified atom stereocenters. The van der Waals surface area contributed by atoms with Crippen molar-refractivity contribution in [3.05, 3.63) is 46.7 Å². The van der Waals surface area contributed by atoms with Crippen molar-refractivity contribution < 1.29 is 31.2 Å². The van der Waals surface area contributed by atoms with Gasteiger partial charge in [0, 0.05) is 13.2 Å². The number of pyridine rings is 1. The second kappa shape index (κ2) is 9.12. The monoisotopic (exact) mass is 492 g/mol. The fourth-order valence-electron chi connectivity index (χ4n) is 2.86. The van der Waals surface area contributed by atoms with Crippen LogP contribution in [0.25, 0.3) is 0 Å². The van der Waals surface area contributed by atoms with Crippen molar-refractivity contribution in [1.29, 1.82) is 0 Å². The maximum absolute atomic E-state index is 12.3. The van der Waals surface area contributed by atoms with Gasteiger partial charge in [0.05, 0.1) is 28.9 Å². The Morgan fingerprint density at radius 2 is 1.97 bits per heavy atom. The van der Waals surface area contributed by atoms with Crippen LogP contribution >= 0.6 is 11.6 Å². The van der Waals surface area contributed by atoms with Crippen LogP contribution in [-0.4, -0.2) is 45.4 Å². The fourth-order valence-corrected chi connectivity index (χ4v) is 3.53. The highest BCUT2D eigenvalue weighted by molar-refractivity contribution is 7.92. The molecule has 1 heterocycles. The number of amides is 1. The molecule has 2 aromatic rings. The van der Waals surface area contributed by atoms with Gasteiger partial charge < -0.3 is 5.32 Å². The van der Waals surface area contributed by atoms with E-state index in [2.05, 4.69) is 15.1 Å². The lowest BCUT2D eigenvalue weighted by atomic mass is 10.1. The largest absolute Gasteiger partial charge is 0.414 e. The zero-order valence-electron chi connectivity index (χ0n) is 17.0. The number of aromatic nitrogens is 1. The van der Waals surface area contributed by atoms with Gasteiger partial charge in [-0.1, -0.05) is 17.7 Å². The van der Waals surface area contributed by atoms with Crippen molar-refractivity contribution in [3.63, 3.8) is 0 Å². The van der Waals surface area contributed by atoms with Crippen LogP contribution in [-0.2, 0) is 14.9 Å². The molecule has 1 amide bonds. The molecule has 0 saturated heterocycles. The summed E-state index contributed by atoms with van der Waals surface area (Å²) < 4.78 is 62.2. The van der Waals surface area contributed by atoms with Crippen molar-refractivity contribution in [1.82, 2.24) is 10.5 Å². The number of hydroxylamine groups is 1. The molecular formula is C19H20ClF3N4O4S.